The van der Waals surface area contributed by atoms with Crippen LogP contribution in [-0.4, -0.2) is 61.9 Å². The summed E-state index contributed by atoms with van der Waals surface area (Å²) in [7, 11) is -3.45. The maximum absolute atomic E-state index is 12.9. The van der Waals surface area contributed by atoms with Crippen LogP contribution in [0.4, 0.5) is 5.82 Å². The van der Waals surface area contributed by atoms with Gasteiger partial charge in [-0.2, -0.15) is 4.31 Å². The Hall–Kier alpha value is -2.74. The van der Waals surface area contributed by atoms with Gasteiger partial charge in [-0.25, -0.2) is 13.4 Å². The molecular weight excluding hydrogens is 444 g/mol. The van der Waals surface area contributed by atoms with E-state index in [1.807, 2.05) is 6.07 Å². The molecule has 2 aliphatic rings. The summed E-state index contributed by atoms with van der Waals surface area (Å²) in [6.45, 7) is 4.72. The van der Waals surface area contributed by atoms with Gasteiger partial charge in [-0.3, -0.25) is 4.90 Å². The molecule has 2 aliphatic heterocycles. The van der Waals surface area contributed by atoms with Crippen LogP contribution >= 0.6 is 0 Å². The van der Waals surface area contributed by atoms with Crippen molar-refractivity contribution in [2.75, 3.05) is 44.2 Å². The van der Waals surface area contributed by atoms with Gasteiger partial charge >= 0.3 is 0 Å². The summed E-state index contributed by atoms with van der Waals surface area (Å²) in [6.07, 6.45) is 4.50. The minimum absolute atomic E-state index is 0.217. The number of benzene rings is 2. The molecule has 0 radical (unpaired) electrons. The van der Waals surface area contributed by atoms with Gasteiger partial charge in [-0.05, 0) is 36.1 Å². The molecule has 1 aromatic heterocycles. The van der Waals surface area contributed by atoms with E-state index in [9.17, 15) is 8.42 Å². The molecule has 2 fully saturated rings. The number of rotatable bonds is 6. The van der Waals surface area contributed by atoms with Gasteiger partial charge < -0.3 is 4.90 Å². The van der Waals surface area contributed by atoms with E-state index in [4.69, 9.17) is 0 Å². The van der Waals surface area contributed by atoms with Crippen molar-refractivity contribution in [1.82, 2.24) is 14.2 Å². The van der Waals surface area contributed by atoms with Crippen LogP contribution in [-0.2, 0) is 10.0 Å². The highest BCUT2D eigenvalue weighted by Gasteiger charge is 2.28. The molecule has 7 heteroatoms. The average molecular weight is 477 g/mol. The van der Waals surface area contributed by atoms with Crippen molar-refractivity contribution in [1.29, 1.82) is 0 Å². The second-order valence-electron chi connectivity index (χ2n) is 9.06. The summed E-state index contributed by atoms with van der Waals surface area (Å²) in [5.41, 5.74) is 2.60. The van der Waals surface area contributed by atoms with Gasteiger partial charge in [0.1, 0.15) is 10.7 Å². The van der Waals surface area contributed by atoms with Crippen molar-refractivity contribution in [2.45, 2.75) is 30.2 Å². The van der Waals surface area contributed by atoms with E-state index < -0.39 is 10.0 Å². The Balaban J connectivity index is 1.28. The van der Waals surface area contributed by atoms with Crippen molar-refractivity contribution < 1.29 is 8.42 Å². The molecule has 178 valence electrons. The number of hydrogen-bond acceptors (Lipinski definition) is 5. The van der Waals surface area contributed by atoms with Gasteiger partial charge in [0.05, 0.1) is 6.04 Å². The maximum atomic E-state index is 12.9. The Morgan fingerprint density at radius 3 is 1.79 bits per heavy atom. The number of aromatic nitrogens is 1. The number of piperidine rings is 1. The van der Waals surface area contributed by atoms with Gasteiger partial charge in [-0.15, -0.1) is 0 Å². The van der Waals surface area contributed by atoms with Crippen molar-refractivity contribution >= 4 is 15.8 Å². The smallest absolute Gasteiger partial charge is 0.244 e. The summed E-state index contributed by atoms with van der Waals surface area (Å²) in [5.74, 6) is 0.841. The molecule has 5 rings (SSSR count). The largest absolute Gasteiger partial charge is 0.354 e. The highest BCUT2D eigenvalue weighted by molar-refractivity contribution is 7.89. The van der Waals surface area contributed by atoms with E-state index in [1.54, 1.807) is 10.4 Å². The summed E-state index contributed by atoms with van der Waals surface area (Å²) >= 11 is 0. The second-order valence-corrected chi connectivity index (χ2v) is 11.0. The maximum Gasteiger partial charge on any atom is 0.244 e. The van der Waals surface area contributed by atoms with Crippen molar-refractivity contribution in [2.24, 2.45) is 0 Å². The van der Waals surface area contributed by atoms with E-state index >= 15 is 0 Å². The number of piperazine rings is 1. The zero-order chi connectivity index (χ0) is 23.4. The predicted octanol–water partition coefficient (Wildman–Crippen LogP) is 4.17. The van der Waals surface area contributed by atoms with Crippen LogP contribution in [0.3, 0.4) is 0 Å². The standard InChI is InChI=1S/C27H32N4O2S/c32-34(33,31-16-8-3-9-17-31)25-14-15-26(28-22-25)29-18-20-30(21-19-29)27(23-10-4-1-5-11-23)24-12-6-2-7-13-24/h1-2,4-7,10-15,22,27H,3,8-9,16-21H2. The van der Waals surface area contributed by atoms with Crippen molar-refractivity contribution in [3.05, 3.63) is 90.1 Å². The molecule has 0 bridgehead atoms. The first-order valence-electron chi connectivity index (χ1n) is 12.2. The number of pyridine rings is 1. The molecule has 34 heavy (non-hydrogen) atoms. The summed E-state index contributed by atoms with van der Waals surface area (Å²) in [6, 6.07) is 25.1. The lowest BCUT2D eigenvalue weighted by Crippen LogP contribution is -2.48. The molecule has 0 aliphatic carbocycles. The molecule has 0 saturated carbocycles. The number of anilines is 1. The van der Waals surface area contributed by atoms with Crippen LogP contribution in [0.25, 0.3) is 0 Å². The molecule has 0 spiro atoms. The number of sulfonamides is 1. The first-order chi connectivity index (χ1) is 16.6. The lowest BCUT2D eigenvalue weighted by Gasteiger charge is -2.40. The molecule has 2 aromatic carbocycles. The zero-order valence-electron chi connectivity index (χ0n) is 19.5. The fourth-order valence-electron chi connectivity index (χ4n) is 5.06. The minimum atomic E-state index is -3.45. The van der Waals surface area contributed by atoms with Crippen LogP contribution in [0.2, 0.25) is 0 Å². The zero-order valence-corrected chi connectivity index (χ0v) is 20.3. The van der Waals surface area contributed by atoms with Crippen LogP contribution < -0.4 is 4.90 Å². The molecule has 2 saturated heterocycles. The third-order valence-electron chi connectivity index (χ3n) is 6.91. The quantitative estimate of drug-likeness (QED) is 0.535. The van der Waals surface area contributed by atoms with Gasteiger partial charge in [0.15, 0.2) is 0 Å². The Kier molecular flexibility index (Phi) is 6.94. The summed E-state index contributed by atoms with van der Waals surface area (Å²) in [4.78, 5) is 9.62. The Labute approximate surface area is 202 Å². The van der Waals surface area contributed by atoms with E-state index in [0.29, 0.717) is 18.0 Å². The topological polar surface area (TPSA) is 56.8 Å². The van der Waals surface area contributed by atoms with Gasteiger partial charge in [-0.1, -0.05) is 67.1 Å². The average Bonchev–Trinajstić information content (AvgIpc) is 2.91. The second kappa shape index (κ2) is 10.3. The fraction of sp³-hybridized carbons (Fsp3) is 0.370. The highest BCUT2D eigenvalue weighted by atomic mass is 32.2. The Bertz CT molecular complexity index is 1120. The van der Waals surface area contributed by atoms with Crippen LogP contribution in [0.1, 0.15) is 36.4 Å². The molecule has 0 amide bonds. The lowest BCUT2D eigenvalue weighted by molar-refractivity contribution is 0.212. The molecule has 6 nitrogen and oxygen atoms in total. The molecule has 3 heterocycles. The molecule has 3 aromatic rings. The lowest BCUT2D eigenvalue weighted by atomic mass is 9.96. The SMILES string of the molecule is O=S(=O)(c1ccc(N2CCN(C(c3ccccc3)c3ccccc3)CC2)nc1)N1CCCCC1. The molecular formula is C27H32N4O2S. The monoisotopic (exact) mass is 476 g/mol. The summed E-state index contributed by atoms with van der Waals surface area (Å²) in [5, 5.41) is 0. The van der Waals surface area contributed by atoms with Crippen molar-refractivity contribution in [3.8, 4) is 0 Å². The number of hydrogen-bond donors (Lipinski definition) is 0. The predicted molar refractivity (Wildman–Crippen MR) is 135 cm³/mol. The molecule has 0 unspecified atom stereocenters. The Morgan fingerprint density at radius 2 is 1.26 bits per heavy atom. The first-order valence-corrected chi connectivity index (χ1v) is 13.6. The van der Waals surface area contributed by atoms with Crippen molar-refractivity contribution in [3.63, 3.8) is 0 Å². The van der Waals surface area contributed by atoms with Gasteiger partial charge in [0, 0.05) is 45.5 Å². The van der Waals surface area contributed by atoms with Crippen LogP contribution in [0, 0.1) is 0 Å². The summed E-state index contributed by atoms with van der Waals surface area (Å²) < 4.78 is 27.5. The van der Waals surface area contributed by atoms with Crippen LogP contribution in [0.15, 0.2) is 83.9 Å². The van der Waals surface area contributed by atoms with E-state index in [0.717, 1.165) is 51.3 Å². The highest BCUT2D eigenvalue weighted by Crippen LogP contribution is 2.30. The van der Waals surface area contributed by atoms with E-state index in [1.165, 1.54) is 17.3 Å². The Morgan fingerprint density at radius 1 is 0.676 bits per heavy atom. The molecule has 0 N–H and O–H groups in total. The van der Waals surface area contributed by atoms with E-state index in [2.05, 4.69) is 75.4 Å². The minimum Gasteiger partial charge on any atom is -0.354 e. The van der Waals surface area contributed by atoms with Gasteiger partial charge in [0.25, 0.3) is 0 Å². The molecule has 0 atom stereocenters. The third-order valence-corrected chi connectivity index (χ3v) is 8.79. The fourth-order valence-corrected chi connectivity index (χ4v) is 6.52. The van der Waals surface area contributed by atoms with Crippen LogP contribution in [0.5, 0.6) is 0 Å². The van der Waals surface area contributed by atoms with Gasteiger partial charge in [0.2, 0.25) is 10.0 Å². The van der Waals surface area contributed by atoms with E-state index in [-0.39, 0.29) is 6.04 Å². The normalized spacial score (nSPS) is 18.3. The third kappa shape index (κ3) is 4.87. The first kappa shape index (κ1) is 23.0. The number of nitrogens with zero attached hydrogens (tertiary/aromatic N) is 4.